The molecular formula is C36H58O. The molecule has 0 saturated carbocycles. The van der Waals surface area contributed by atoms with E-state index in [-0.39, 0.29) is 5.41 Å². The molecule has 1 nitrogen and oxygen atoms in total. The lowest BCUT2D eigenvalue weighted by molar-refractivity contribution is 0.255. The van der Waals surface area contributed by atoms with Gasteiger partial charge in [-0.15, -0.1) is 0 Å². The summed E-state index contributed by atoms with van der Waals surface area (Å²) in [5.41, 5.74) is 2.95. The minimum absolute atomic E-state index is 0.159. The first-order chi connectivity index (χ1) is 17.9. The van der Waals surface area contributed by atoms with Gasteiger partial charge in [-0.1, -0.05) is 166 Å². The highest BCUT2D eigenvalue weighted by atomic mass is 16.3. The Bertz CT molecular complexity index is 791. The van der Waals surface area contributed by atoms with E-state index in [9.17, 15) is 5.11 Å². The number of aromatic hydroxyl groups is 1. The Kier molecular flexibility index (Phi) is 15.7. The Labute approximate surface area is 230 Å². The van der Waals surface area contributed by atoms with Crippen LogP contribution in [-0.4, -0.2) is 5.11 Å². The van der Waals surface area contributed by atoms with Gasteiger partial charge in [0.2, 0.25) is 0 Å². The van der Waals surface area contributed by atoms with Crippen molar-refractivity contribution in [2.45, 2.75) is 142 Å². The molecule has 0 fully saturated rings. The van der Waals surface area contributed by atoms with E-state index in [2.05, 4.69) is 70.2 Å². The molecule has 0 saturated heterocycles. The molecule has 37 heavy (non-hydrogen) atoms. The monoisotopic (exact) mass is 506 g/mol. The second-order valence-electron chi connectivity index (χ2n) is 12.4. The van der Waals surface area contributed by atoms with Crippen LogP contribution in [0.15, 0.2) is 54.6 Å². The van der Waals surface area contributed by atoms with E-state index in [0.29, 0.717) is 17.6 Å². The van der Waals surface area contributed by atoms with Crippen LogP contribution in [0.1, 0.15) is 142 Å². The lowest BCUT2D eigenvalue weighted by Gasteiger charge is -2.34. The fraction of sp³-hybridized carbons (Fsp3) is 0.667. The van der Waals surface area contributed by atoms with Crippen molar-refractivity contribution in [3.8, 4) is 5.75 Å². The smallest absolute Gasteiger partial charge is 0.115 e. The van der Waals surface area contributed by atoms with Crippen LogP contribution >= 0.6 is 0 Å². The zero-order chi connectivity index (χ0) is 26.8. The Balaban J connectivity index is 1.70. The predicted molar refractivity (Wildman–Crippen MR) is 163 cm³/mol. The number of hydrogen-bond acceptors (Lipinski definition) is 1. The zero-order valence-corrected chi connectivity index (χ0v) is 24.8. The molecule has 0 aliphatic rings. The molecule has 2 atom stereocenters. The average Bonchev–Trinajstić information content (AvgIpc) is 2.90. The first-order valence-corrected chi connectivity index (χ1v) is 15.8. The second-order valence-corrected chi connectivity index (χ2v) is 12.4. The number of unbranched alkanes of at least 4 members (excludes halogenated alkanes) is 13. The molecule has 0 radical (unpaired) electrons. The summed E-state index contributed by atoms with van der Waals surface area (Å²) >= 11 is 0. The predicted octanol–water partition coefficient (Wildman–Crippen LogP) is 11.4. The van der Waals surface area contributed by atoms with Gasteiger partial charge in [-0.05, 0) is 53.4 Å². The highest BCUT2D eigenvalue weighted by molar-refractivity contribution is 5.27. The molecule has 0 amide bonds. The van der Waals surface area contributed by atoms with Crippen molar-refractivity contribution < 1.29 is 5.11 Å². The van der Waals surface area contributed by atoms with Crippen LogP contribution in [-0.2, 0) is 11.8 Å². The van der Waals surface area contributed by atoms with Gasteiger partial charge < -0.3 is 5.11 Å². The van der Waals surface area contributed by atoms with Crippen LogP contribution in [0.2, 0.25) is 0 Å². The third-order valence-corrected chi connectivity index (χ3v) is 8.58. The molecule has 0 aliphatic heterocycles. The number of phenols is 1. The molecule has 2 unspecified atom stereocenters. The van der Waals surface area contributed by atoms with Gasteiger partial charge in [0, 0.05) is 0 Å². The lowest BCUT2D eigenvalue weighted by Crippen LogP contribution is -2.26. The SMILES string of the molecule is CCCCCCCCCCCCCCCCC(C)C(Cc1ccc(O)cc1)CC(C)(C)c1ccccc1. The molecule has 0 spiro atoms. The van der Waals surface area contributed by atoms with E-state index in [1.165, 1.54) is 114 Å². The molecule has 1 heteroatoms. The third kappa shape index (κ3) is 13.6. The summed E-state index contributed by atoms with van der Waals surface area (Å²) in [6, 6.07) is 18.9. The highest BCUT2D eigenvalue weighted by Gasteiger charge is 2.28. The first-order valence-electron chi connectivity index (χ1n) is 15.8. The molecule has 2 aromatic carbocycles. The maximum Gasteiger partial charge on any atom is 0.115 e. The normalized spacial score (nSPS) is 13.5. The minimum atomic E-state index is 0.159. The van der Waals surface area contributed by atoms with Crippen molar-refractivity contribution in [1.82, 2.24) is 0 Å². The Morgan fingerprint density at radius 3 is 1.65 bits per heavy atom. The molecule has 2 rings (SSSR count). The van der Waals surface area contributed by atoms with E-state index in [4.69, 9.17) is 0 Å². The van der Waals surface area contributed by atoms with Gasteiger partial charge in [0.25, 0.3) is 0 Å². The van der Waals surface area contributed by atoms with Gasteiger partial charge in [0.05, 0.1) is 0 Å². The Morgan fingerprint density at radius 2 is 1.14 bits per heavy atom. The number of hydrogen-bond donors (Lipinski definition) is 1. The Morgan fingerprint density at radius 1 is 0.649 bits per heavy atom. The van der Waals surface area contributed by atoms with Gasteiger partial charge in [0.1, 0.15) is 5.75 Å². The number of rotatable bonds is 21. The first kappa shape index (κ1) is 31.5. The second kappa shape index (κ2) is 18.5. The standard InChI is InChI=1S/C36H58O/c1-5-6-7-8-9-10-11-12-13-14-15-16-17-19-22-31(2)33(29-32-25-27-35(37)28-26-32)30-36(3,4)34-23-20-18-21-24-34/h18,20-21,23-28,31,33,37H,5-17,19,22,29-30H2,1-4H3. The van der Waals surface area contributed by atoms with Crippen LogP contribution in [0.5, 0.6) is 5.75 Å². The summed E-state index contributed by atoms with van der Waals surface area (Å²) in [6.45, 7) is 9.59. The van der Waals surface area contributed by atoms with Gasteiger partial charge in [-0.25, -0.2) is 0 Å². The van der Waals surface area contributed by atoms with E-state index < -0.39 is 0 Å². The van der Waals surface area contributed by atoms with Crippen LogP contribution in [0.3, 0.4) is 0 Å². The van der Waals surface area contributed by atoms with Crippen molar-refractivity contribution in [3.63, 3.8) is 0 Å². The fourth-order valence-corrected chi connectivity index (χ4v) is 5.97. The van der Waals surface area contributed by atoms with Crippen LogP contribution in [0, 0.1) is 11.8 Å². The molecule has 2 aromatic rings. The van der Waals surface area contributed by atoms with E-state index in [1.807, 2.05) is 12.1 Å². The molecule has 0 heterocycles. The maximum absolute atomic E-state index is 9.73. The summed E-state index contributed by atoms with van der Waals surface area (Å²) in [4.78, 5) is 0. The number of phenolic OH excluding ortho intramolecular Hbond substituents is 1. The lowest BCUT2D eigenvalue weighted by atomic mass is 9.71. The quantitative estimate of drug-likeness (QED) is 0.167. The van der Waals surface area contributed by atoms with Gasteiger partial charge in [-0.3, -0.25) is 0 Å². The van der Waals surface area contributed by atoms with Crippen molar-refractivity contribution >= 4 is 0 Å². The molecule has 1 N–H and O–H groups in total. The van der Waals surface area contributed by atoms with Crippen molar-refractivity contribution in [1.29, 1.82) is 0 Å². The minimum Gasteiger partial charge on any atom is -0.508 e. The van der Waals surface area contributed by atoms with Gasteiger partial charge in [0.15, 0.2) is 0 Å². The summed E-state index contributed by atoms with van der Waals surface area (Å²) < 4.78 is 0. The molecule has 0 aromatic heterocycles. The van der Waals surface area contributed by atoms with Crippen molar-refractivity contribution in [3.05, 3.63) is 65.7 Å². The molecule has 0 bridgehead atoms. The van der Waals surface area contributed by atoms with Gasteiger partial charge in [-0.2, -0.15) is 0 Å². The summed E-state index contributed by atoms with van der Waals surface area (Å²) in [7, 11) is 0. The number of benzene rings is 2. The van der Waals surface area contributed by atoms with Crippen LogP contribution in [0.25, 0.3) is 0 Å². The van der Waals surface area contributed by atoms with E-state index >= 15 is 0 Å². The Hall–Kier alpha value is -1.76. The maximum atomic E-state index is 9.73. The van der Waals surface area contributed by atoms with Crippen molar-refractivity contribution in [2.24, 2.45) is 11.8 Å². The third-order valence-electron chi connectivity index (χ3n) is 8.58. The van der Waals surface area contributed by atoms with E-state index in [0.717, 1.165) is 6.42 Å². The van der Waals surface area contributed by atoms with E-state index in [1.54, 1.807) is 0 Å². The van der Waals surface area contributed by atoms with Crippen LogP contribution in [0.4, 0.5) is 0 Å². The summed E-state index contributed by atoms with van der Waals surface area (Å²) in [5, 5.41) is 9.73. The zero-order valence-electron chi connectivity index (χ0n) is 24.8. The molecule has 208 valence electrons. The summed E-state index contributed by atoms with van der Waals surface area (Å²) in [5.74, 6) is 1.70. The largest absolute Gasteiger partial charge is 0.508 e. The van der Waals surface area contributed by atoms with Crippen LogP contribution < -0.4 is 0 Å². The van der Waals surface area contributed by atoms with Crippen molar-refractivity contribution in [2.75, 3.05) is 0 Å². The molecule has 0 aliphatic carbocycles. The summed E-state index contributed by atoms with van der Waals surface area (Å²) in [6.07, 6.45) is 23.5. The topological polar surface area (TPSA) is 20.2 Å². The molecular weight excluding hydrogens is 448 g/mol. The highest BCUT2D eigenvalue weighted by Crippen LogP contribution is 2.36. The fourth-order valence-electron chi connectivity index (χ4n) is 5.97. The average molecular weight is 507 g/mol. The van der Waals surface area contributed by atoms with Gasteiger partial charge >= 0.3 is 0 Å².